The number of likely N-dealkylation sites (tertiary alicyclic amines) is 1. The molecule has 5 rings (SSSR count). The van der Waals surface area contributed by atoms with E-state index >= 15 is 0 Å². The molecule has 0 saturated carbocycles. The summed E-state index contributed by atoms with van der Waals surface area (Å²) in [6.07, 6.45) is 4.50. The fourth-order valence-electron chi connectivity index (χ4n) is 4.90. The number of nitrogens with one attached hydrogen (secondary N) is 2. The topological polar surface area (TPSA) is 130 Å². The second-order valence-electron chi connectivity index (χ2n) is 9.93. The Labute approximate surface area is 232 Å². The van der Waals surface area contributed by atoms with E-state index in [0.717, 1.165) is 34.9 Å². The SMILES string of the molecule is CC(=O)CCNc1cccc2c(Oc3ncccc3-c3ccnc(N[C@H]4CCCN(C(=O)O)C4)n3)c(C)ccc12. The Balaban J connectivity index is 1.42. The monoisotopic (exact) mass is 540 g/mol. The van der Waals surface area contributed by atoms with Gasteiger partial charge in [-0.15, -0.1) is 0 Å². The molecule has 3 N–H and O–H groups in total. The number of aromatic nitrogens is 3. The molecular formula is C30H32N6O4. The quantitative estimate of drug-likeness (QED) is 0.243. The van der Waals surface area contributed by atoms with E-state index in [1.54, 1.807) is 25.4 Å². The summed E-state index contributed by atoms with van der Waals surface area (Å²) in [6, 6.07) is 15.5. The number of pyridine rings is 1. The van der Waals surface area contributed by atoms with Gasteiger partial charge in [-0.05, 0) is 56.5 Å². The van der Waals surface area contributed by atoms with Gasteiger partial charge in [-0.2, -0.15) is 0 Å². The van der Waals surface area contributed by atoms with Crippen LogP contribution in [0.2, 0.25) is 0 Å². The Morgan fingerprint density at radius 3 is 2.77 bits per heavy atom. The van der Waals surface area contributed by atoms with Gasteiger partial charge < -0.3 is 25.4 Å². The van der Waals surface area contributed by atoms with Crippen molar-refractivity contribution in [1.29, 1.82) is 0 Å². The number of ether oxygens (including phenoxy) is 1. The van der Waals surface area contributed by atoms with Crippen LogP contribution in [0.4, 0.5) is 16.4 Å². The number of ketones is 1. The molecule has 1 aliphatic heterocycles. The highest BCUT2D eigenvalue weighted by atomic mass is 16.5. The van der Waals surface area contributed by atoms with Gasteiger partial charge in [0.25, 0.3) is 0 Å². The van der Waals surface area contributed by atoms with Gasteiger partial charge >= 0.3 is 6.09 Å². The minimum Gasteiger partial charge on any atom is -0.465 e. The van der Waals surface area contributed by atoms with E-state index in [-0.39, 0.29) is 11.8 Å². The molecule has 10 heteroatoms. The number of nitrogens with zero attached hydrogens (tertiary/aromatic N) is 4. The molecule has 0 unspecified atom stereocenters. The van der Waals surface area contributed by atoms with E-state index in [2.05, 4.69) is 20.6 Å². The number of amides is 1. The van der Waals surface area contributed by atoms with Gasteiger partial charge in [-0.25, -0.2) is 19.7 Å². The van der Waals surface area contributed by atoms with Crippen molar-refractivity contribution in [1.82, 2.24) is 19.9 Å². The summed E-state index contributed by atoms with van der Waals surface area (Å²) < 4.78 is 6.49. The van der Waals surface area contributed by atoms with Crippen LogP contribution in [-0.2, 0) is 4.79 Å². The number of anilines is 2. The number of hydrogen-bond acceptors (Lipinski definition) is 8. The van der Waals surface area contributed by atoms with Crippen molar-refractivity contribution in [3.8, 4) is 22.9 Å². The average Bonchev–Trinajstić information content (AvgIpc) is 2.95. The Morgan fingerprint density at radius 1 is 1.07 bits per heavy atom. The number of Topliss-reactive ketones (excluding diaryl/α,β-unsaturated/α-hetero) is 1. The fourth-order valence-corrected chi connectivity index (χ4v) is 4.90. The van der Waals surface area contributed by atoms with Gasteiger partial charge in [0.2, 0.25) is 11.8 Å². The first-order valence-corrected chi connectivity index (χ1v) is 13.4. The van der Waals surface area contributed by atoms with Crippen LogP contribution >= 0.6 is 0 Å². The van der Waals surface area contributed by atoms with Crippen molar-refractivity contribution >= 4 is 34.3 Å². The number of hydrogen-bond donors (Lipinski definition) is 3. The largest absolute Gasteiger partial charge is 0.465 e. The Morgan fingerprint density at radius 2 is 1.95 bits per heavy atom. The lowest BCUT2D eigenvalue weighted by atomic mass is 10.0. The summed E-state index contributed by atoms with van der Waals surface area (Å²) in [7, 11) is 0. The summed E-state index contributed by atoms with van der Waals surface area (Å²) >= 11 is 0. The lowest BCUT2D eigenvalue weighted by Gasteiger charge is -2.31. The molecular weight excluding hydrogens is 508 g/mol. The van der Waals surface area contributed by atoms with Crippen molar-refractivity contribution in [2.75, 3.05) is 30.3 Å². The van der Waals surface area contributed by atoms with Crippen molar-refractivity contribution < 1.29 is 19.4 Å². The van der Waals surface area contributed by atoms with Crippen molar-refractivity contribution in [3.63, 3.8) is 0 Å². The first-order chi connectivity index (χ1) is 19.4. The molecule has 0 radical (unpaired) electrons. The maximum Gasteiger partial charge on any atom is 0.407 e. The number of benzene rings is 2. The molecule has 3 heterocycles. The zero-order chi connectivity index (χ0) is 28.1. The zero-order valence-corrected chi connectivity index (χ0v) is 22.6. The van der Waals surface area contributed by atoms with Crippen LogP contribution in [0.15, 0.2) is 60.9 Å². The van der Waals surface area contributed by atoms with E-state index in [0.29, 0.717) is 54.9 Å². The molecule has 1 saturated heterocycles. The smallest absolute Gasteiger partial charge is 0.407 e. The average molecular weight is 541 g/mol. The predicted molar refractivity (Wildman–Crippen MR) is 154 cm³/mol. The first kappa shape index (κ1) is 26.9. The van der Waals surface area contributed by atoms with Crippen molar-refractivity contribution in [2.24, 2.45) is 0 Å². The van der Waals surface area contributed by atoms with Crippen LogP contribution in [-0.4, -0.2) is 62.5 Å². The number of carbonyl (C=O) groups is 2. The molecule has 1 atom stereocenters. The maximum absolute atomic E-state index is 11.4. The summed E-state index contributed by atoms with van der Waals surface area (Å²) in [6.45, 7) is 5.06. The van der Waals surface area contributed by atoms with Crippen LogP contribution in [0.5, 0.6) is 11.6 Å². The number of carbonyl (C=O) groups excluding carboxylic acids is 1. The molecule has 1 amide bonds. The summed E-state index contributed by atoms with van der Waals surface area (Å²) in [4.78, 5) is 37.8. The second kappa shape index (κ2) is 12.0. The standard InChI is InChI=1S/C30H32N6O4/c1-19-10-11-22-23(7-3-9-25(22)31-15-12-20(2)37)27(19)40-28-24(8-4-14-32-28)26-13-16-33-29(35-26)34-21-6-5-17-36(18-21)30(38)39/h3-4,7-11,13-14,16,21,31H,5-6,12,15,17-18H2,1-2H3,(H,38,39)(H,33,34,35)/t21-/m0/s1. The highest BCUT2D eigenvalue weighted by Gasteiger charge is 2.24. The van der Waals surface area contributed by atoms with Crippen LogP contribution in [0.25, 0.3) is 22.0 Å². The summed E-state index contributed by atoms with van der Waals surface area (Å²) in [5.41, 5.74) is 3.22. The number of rotatable bonds is 9. The van der Waals surface area contributed by atoms with Crippen LogP contribution in [0, 0.1) is 6.92 Å². The van der Waals surface area contributed by atoms with Gasteiger partial charge in [0, 0.05) is 61.0 Å². The van der Waals surface area contributed by atoms with Crippen molar-refractivity contribution in [2.45, 2.75) is 39.2 Å². The zero-order valence-electron chi connectivity index (χ0n) is 22.6. The molecule has 1 fully saturated rings. The number of fused-ring (bicyclic) bond motifs is 1. The third-order valence-electron chi connectivity index (χ3n) is 6.93. The molecule has 0 spiro atoms. The van der Waals surface area contributed by atoms with Gasteiger partial charge in [-0.1, -0.05) is 24.3 Å². The molecule has 40 heavy (non-hydrogen) atoms. The lowest BCUT2D eigenvalue weighted by molar-refractivity contribution is -0.116. The Kier molecular flexibility index (Phi) is 8.04. The van der Waals surface area contributed by atoms with Crippen LogP contribution in [0.3, 0.4) is 0 Å². The van der Waals surface area contributed by atoms with E-state index in [1.165, 1.54) is 4.90 Å². The lowest BCUT2D eigenvalue weighted by Crippen LogP contribution is -2.44. The van der Waals surface area contributed by atoms with Gasteiger partial charge in [0.15, 0.2) is 0 Å². The normalized spacial score (nSPS) is 15.1. The summed E-state index contributed by atoms with van der Waals surface area (Å²) in [5.74, 6) is 1.66. The van der Waals surface area contributed by atoms with Crippen LogP contribution in [0.1, 0.15) is 31.7 Å². The fraction of sp³-hybridized carbons (Fsp3) is 0.300. The predicted octanol–water partition coefficient (Wildman–Crippen LogP) is 5.74. The van der Waals surface area contributed by atoms with Gasteiger partial charge in [-0.3, -0.25) is 4.79 Å². The third-order valence-corrected chi connectivity index (χ3v) is 6.93. The van der Waals surface area contributed by atoms with Gasteiger partial charge in [0.05, 0.1) is 11.3 Å². The molecule has 206 valence electrons. The third kappa shape index (κ3) is 6.12. The molecule has 0 aliphatic carbocycles. The molecule has 1 aliphatic rings. The molecule has 2 aromatic heterocycles. The molecule has 0 bridgehead atoms. The maximum atomic E-state index is 11.4. The highest BCUT2D eigenvalue weighted by Crippen LogP contribution is 2.38. The summed E-state index contributed by atoms with van der Waals surface area (Å²) in [5, 5.41) is 17.9. The minimum atomic E-state index is -0.916. The number of piperidine rings is 1. The molecule has 2 aromatic carbocycles. The minimum absolute atomic E-state index is 0.0682. The van der Waals surface area contributed by atoms with E-state index in [1.807, 2.05) is 49.4 Å². The number of carboxylic acid groups (broad SMARTS) is 1. The highest BCUT2D eigenvalue weighted by molar-refractivity contribution is 5.98. The number of aryl methyl sites for hydroxylation is 1. The van der Waals surface area contributed by atoms with Crippen LogP contribution < -0.4 is 15.4 Å². The Hall–Kier alpha value is -4.73. The Bertz CT molecular complexity index is 1540. The van der Waals surface area contributed by atoms with E-state index in [9.17, 15) is 14.7 Å². The van der Waals surface area contributed by atoms with E-state index in [4.69, 9.17) is 9.72 Å². The second-order valence-corrected chi connectivity index (χ2v) is 9.93. The first-order valence-electron chi connectivity index (χ1n) is 13.4. The van der Waals surface area contributed by atoms with Gasteiger partial charge in [0.1, 0.15) is 11.5 Å². The van der Waals surface area contributed by atoms with Crippen molar-refractivity contribution in [3.05, 3.63) is 66.5 Å². The molecule has 10 nitrogen and oxygen atoms in total. The molecule has 4 aromatic rings. The van der Waals surface area contributed by atoms with E-state index < -0.39 is 6.09 Å².